The van der Waals surface area contributed by atoms with Crippen molar-refractivity contribution < 1.29 is 13.9 Å². The number of hydrogen-bond donors (Lipinski definition) is 1. The summed E-state index contributed by atoms with van der Waals surface area (Å²) in [5.74, 6) is 0. The number of aliphatic hydroxyl groups excluding tert-OH is 1. The molecule has 1 unspecified atom stereocenters. The highest BCUT2D eigenvalue weighted by Gasteiger charge is 2.08. The normalized spacial score (nSPS) is 13.4. The summed E-state index contributed by atoms with van der Waals surface area (Å²) in [4.78, 5) is 3.67. The average molecular weight is 173 g/mol. The average Bonchev–Trinajstić information content (AvgIpc) is 2.04. The lowest BCUT2D eigenvalue weighted by Gasteiger charge is -2.03. The van der Waals surface area contributed by atoms with E-state index in [4.69, 9.17) is 5.11 Å². The minimum Gasteiger partial charge on any atom is -0.387 e. The van der Waals surface area contributed by atoms with E-state index in [0.29, 0.717) is 5.69 Å². The number of pyridine rings is 1. The number of nitrogens with zero attached hydrogens (tertiary/aromatic N) is 1. The fraction of sp³-hybridized carbons (Fsp3) is 0.375. The Hall–Kier alpha value is -1.03. The molecule has 1 N–H and O–H groups in total. The summed E-state index contributed by atoms with van der Waals surface area (Å²) in [6, 6.07) is 2.66. The van der Waals surface area contributed by atoms with Crippen LogP contribution in [-0.4, -0.2) is 10.1 Å². The van der Waals surface area contributed by atoms with Gasteiger partial charge in [0.1, 0.15) is 0 Å². The van der Waals surface area contributed by atoms with Crippen molar-refractivity contribution >= 4 is 0 Å². The largest absolute Gasteiger partial charge is 0.387 e. The van der Waals surface area contributed by atoms with Crippen LogP contribution in [0.1, 0.15) is 30.7 Å². The molecule has 1 aromatic rings. The zero-order valence-electron chi connectivity index (χ0n) is 6.54. The number of halogens is 2. The van der Waals surface area contributed by atoms with Crippen LogP contribution in [0.15, 0.2) is 18.3 Å². The highest BCUT2D eigenvalue weighted by Crippen LogP contribution is 2.18. The van der Waals surface area contributed by atoms with Gasteiger partial charge in [-0.3, -0.25) is 4.98 Å². The third-order valence-corrected chi connectivity index (χ3v) is 1.49. The van der Waals surface area contributed by atoms with Gasteiger partial charge >= 0.3 is 0 Å². The standard InChI is InChI=1S/C8H9F2NO/c1-5(12)7-3-2-6(4-11-7)8(9)10/h2-5,8,12H,1H3. The molecule has 0 amide bonds. The minimum absolute atomic E-state index is 0.126. The molecule has 4 heteroatoms. The maximum atomic E-state index is 12.0. The Kier molecular flexibility index (Phi) is 2.70. The monoisotopic (exact) mass is 173 g/mol. The van der Waals surface area contributed by atoms with Crippen LogP contribution in [-0.2, 0) is 0 Å². The molecule has 0 radical (unpaired) electrons. The lowest BCUT2D eigenvalue weighted by molar-refractivity contribution is 0.150. The summed E-state index contributed by atoms with van der Waals surface area (Å²) in [7, 11) is 0. The number of rotatable bonds is 2. The van der Waals surface area contributed by atoms with E-state index in [1.807, 2.05) is 0 Å². The van der Waals surface area contributed by atoms with Crippen molar-refractivity contribution in [2.24, 2.45) is 0 Å². The molecule has 2 nitrogen and oxygen atoms in total. The van der Waals surface area contributed by atoms with Crippen LogP contribution in [0.2, 0.25) is 0 Å². The molecule has 66 valence electrons. The van der Waals surface area contributed by atoms with Gasteiger partial charge in [-0.05, 0) is 19.1 Å². The Morgan fingerprint density at radius 1 is 1.42 bits per heavy atom. The van der Waals surface area contributed by atoms with Gasteiger partial charge in [-0.15, -0.1) is 0 Å². The fourth-order valence-electron chi connectivity index (χ4n) is 0.793. The molecule has 1 aromatic heterocycles. The maximum Gasteiger partial charge on any atom is 0.265 e. The lowest BCUT2D eigenvalue weighted by atomic mass is 10.2. The van der Waals surface area contributed by atoms with Gasteiger partial charge in [-0.25, -0.2) is 8.78 Å². The summed E-state index contributed by atoms with van der Waals surface area (Å²) in [5, 5.41) is 9.00. The van der Waals surface area contributed by atoms with Crippen molar-refractivity contribution in [3.05, 3.63) is 29.6 Å². The summed E-state index contributed by atoms with van der Waals surface area (Å²) >= 11 is 0. The first-order valence-electron chi connectivity index (χ1n) is 3.53. The smallest absolute Gasteiger partial charge is 0.265 e. The molecular formula is C8H9F2NO. The van der Waals surface area contributed by atoms with Crippen molar-refractivity contribution in [2.75, 3.05) is 0 Å². The van der Waals surface area contributed by atoms with Crippen LogP contribution >= 0.6 is 0 Å². The van der Waals surface area contributed by atoms with Gasteiger partial charge in [-0.1, -0.05) is 0 Å². The first-order chi connectivity index (χ1) is 5.61. The zero-order valence-corrected chi connectivity index (χ0v) is 6.54. The van der Waals surface area contributed by atoms with E-state index in [1.54, 1.807) is 0 Å². The molecule has 1 rings (SSSR count). The summed E-state index contributed by atoms with van der Waals surface area (Å²) in [6.07, 6.45) is -2.13. The first kappa shape index (κ1) is 9.06. The molecule has 0 bridgehead atoms. The number of hydrogen-bond acceptors (Lipinski definition) is 2. The van der Waals surface area contributed by atoms with Crippen molar-refractivity contribution in [3.8, 4) is 0 Å². The van der Waals surface area contributed by atoms with E-state index >= 15 is 0 Å². The van der Waals surface area contributed by atoms with Crippen molar-refractivity contribution in [1.29, 1.82) is 0 Å². The van der Waals surface area contributed by atoms with Crippen LogP contribution in [0.25, 0.3) is 0 Å². The molecule has 0 aliphatic rings. The predicted octanol–water partition coefficient (Wildman–Crippen LogP) is 2.07. The van der Waals surface area contributed by atoms with Gasteiger partial charge in [0.2, 0.25) is 0 Å². The second-order valence-electron chi connectivity index (χ2n) is 2.49. The Labute approximate surface area is 68.9 Å². The number of aliphatic hydroxyl groups is 1. The highest BCUT2D eigenvalue weighted by atomic mass is 19.3. The molecule has 0 saturated heterocycles. The topological polar surface area (TPSA) is 33.1 Å². The van der Waals surface area contributed by atoms with Crippen molar-refractivity contribution in [2.45, 2.75) is 19.5 Å². The van der Waals surface area contributed by atoms with E-state index < -0.39 is 12.5 Å². The van der Waals surface area contributed by atoms with Gasteiger partial charge in [0, 0.05) is 11.8 Å². The van der Waals surface area contributed by atoms with Crippen molar-refractivity contribution in [1.82, 2.24) is 4.98 Å². The summed E-state index contributed by atoms with van der Waals surface area (Å²) < 4.78 is 24.0. The summed E-state index contributed by atoms with van der Waals surface area (Å²) in [6.45, 7) is 1.53. The molecule has 0 aromatic carbocycles. The molecular weight excluding hydrogens is 164 g/mol. The van der Waals surface area contributed by atoms with E-state index in [2.05, 4.69) is 4.98 Å². The van der Waals surface area contributed by atoms with Crippen LogP contribution in [0, 0.1) is 0 Å². The molecule has 0 fully saturated rings. The van der Waals surface area contributed by atoms with Gasteiger partial charge in [0.25, 0.3) is 6.43 Å². The minimum atomic E-state index is -2.50. The molecule has 1 heterocycles. The molecule has 0 saturated carbocycles. The number of aromatic nitrogens is 1. The quantitative estimate of drug-likeness (QED) is 0.742. The molecule has 0 aliphatic carbocycles. The van der Waals surface area contributed by atoms with Crippen LogP contribution in [0.4, 0.5) is 8.78 Å². The van der Waals surface area contributed by atoms with Gasteiger partial charge in [0.15, 0.2) is 0 Å². The fourth-order valence-corrected chi connectivity index (χ4v) is 0.793. The van der Waals surface area contributed by atoms with Crippen LogP contribution in [0.5, 0.6) is 0 Å². The second-order valence-corrected chi connectivity index (χ2v) is 2.49. The molecule has 0 spiro atoms. The number of alkyl halides is 2. The molecule has 12 heavy (non-hydrogen) atoms. The van der Waals surface area contributed by atoms with Gasteiger partial charge in [0.05, 0.1) is 11.8 Å². The van der Waals surface area contributed by atoms with E-state index in [0.717, 1.165) is 6.20 Å². The van der Waals surface area contributed by atoms with Crippen LogP contribution in [0.3, 0.4) is 0 Å². The maximum absolute atomic E-state index is 12.0. The SMILES string of the molecule is CC(O)c1ccc(C(F)F)cn1. The van der Waals surface area contributed by atoms with E-state index in [9.17, 15) is 8.78 Å². The third-order valence-electron chi connectivity index (χ3n) is 1.49. The van der Waals surface area contributed by atoms with Crippen LogP contribution < -0.4 is 0 Å². The predicted molar refractivity (Wildman–Crippen MR) is 39.8 cm³/mol. The second kappa shape index (κ2) is 3.58. The highest BCUT2D eigenvalue weighted by molar-refractivity contribution is 5.15. The zero-order chi connectivity index (χ0) is 9.14. The first-order valence-corrected chi connectivity index (χ1v) is 3.53. The molecule has 0 aliphatic heterocycles. The van der Waals surface area contributed by atoms with Gasteiger partial charge < -0.3 is 5.11 Å². The third kappa shape index (κ3) is 1.98. The Bertz CT molecular complexity index is 219. The van der Waals surface area contributed by atoms with E-state index in [-0.39, 0.29) is 5.56 Å². The Morgan fingerprint density at radius 3 is 2.42 bits per heavy atom. The van der Waals surface area contributed by atoms with Crippen molar-refractivity contribution in [3.63, 3.8) is 0 Å². The van der Waals surface area contributed by atoms with E-state index in [1.165, 1.54) is 19.1 Å². The lowest BCUT2D eigenvalue weighted by Crippen LogP contribution is -1.96. The molecule has 1 atom stereocenters. The Balaban J connectivity index is 2.86. The summed E-state index contributed by atoms with van der Waals surface area (Å²) in [5.41, 5.74) is 0.277. The Morgan fingerprint density at radius 2 is 2.08 bits per heavy atom. The van der Waals surface area contributed by atoms with Gasteiger partial charge in [-0.2, -0.15) is 0 Å².